The summed E-state index contributed by atoms with van der Waals surface area (Å²) in [6.45, 7) is 2.19. The van der Waals surface area contributed by atoms with Gasteiger partial charge in [-0.3, -0.25) is 4.98 Å². The Morgan fingerprint density at radius 3 is 3.11 bits per heavy atom. The topological polar surface area (TPSA) is 24.9 Å². The molecule has 1 atom stereocenters. The number of pyridine rings is 1. The molecular weight excluding hydrogens is 220 g/mol. The van der Waals surface area contributed by atoms with Crippen molar-refractivity contribution in [2.75, 3.05) is 5.32 Å². The highest BCUT2D eigenvalue weighted by Crippen LogP contribution is 2.32. The normalized spacial score (nSPS) is 17.5. The molecule has 0 saturated heterocycles. The predicted molar refractivity (Wildman–Crippen MR) is 74.7 cm³/mol. The predicted octanol–water partition coefficient (Wildman–Crippen LogP) is 3.74. The monoisotopic (exact) mass is 238 g/mol. The molecule has 1 N–H and O–H groups in total. The largest absolute Gasteiger partial charge is 0.377 e. The Bertz CT molecular complexity index is 548. The Labute approximate surface area is 108 Å². The van der Waals surface area contributed by atoms with Crippen LogP contribution in [0.2, 0.25) is 0 Å². The van der Waals surface area contributed by atoms with Crippen LogP contribution < -0.4 is 5.32 Å². The van der Waals surface area contributed by atoms with E-state index in [4.69, 9.17) is 0 Å². The standard InChI is InChI=1S/C16H18N2/c1-2-12-5-3-7-14(11-12)18-15-9-8-13-6-4-10-17-16(13)15/h3-7,10-11,15,18H,2,8-9H2,1H3. The Kier molecular flexibility index (Phi) is 3.01. The van der Waals surface area contributed by atoms with Crippen LogP contribution in [0.5, 0.6) is 0 Å². The molecule has 3 rings (SSSR count). The van der Waals surface area contributed by atoms with Crippen molar-refractivity contribution in [2.24, 2.45) is 0 Å². The first-order valence-corrected chi connectivity index (χ1v) is 6.66. The van der Waals surface area contributed by atoms with E-state index in [9.17, 15) is 0 Å². The average molecular weight is 238 g/mol. The molecule has 2 aromatic rings. The van der Waals surface area contributed by atoms with Crippen LogP contribution >= 0.6 is 0 Å². The van der Waals surface area contributed by atoms with Crippen molar-refractivity contribution in [2.45, 2.75) is 32.2 Å². The van der Waals surface area contributed by atoms with Gasteiger partial charge in [-0.1, -0.05) is 25.1 Å². The quantitative estimate of drug-likeness (QED) is 0.881. The van der Waals surface area contributed by atoms with Gasteiger partial charge in [0.1, 0.15) is 0 Å². The maximum Gasteiger partial charge on any atom is 0.0691 e. The fourth-order valence-electron chi connectivity index (χ4n) is 2.64. The lowest BCUT2D eigenvalue weighted by Gasteiger charge is -2.15. The van der Waals surface area contributed by atoms with Gasteiger partial charge in [-0.15, -0.1) is 0 Å². The number of hydrogen-bond acceptors (Lipinski definition) is 2. The van der Waals surface area contributed by atoms with Crippen LogP contribution in [-0.4, -0.2) is 4.98 Å². The first kappa shape index (κ1) is 11.3. The lowest BCUT2D eigenvalue weighted by atomic mass is 10.1. The fourth-order valence-corrected chi connectivity index (χ4v) is 2.64. The van der Waals surface area contributed by atoms with Crippen LogP contribution in [0.25, 0.3) is 0 Å². The summed E-state index contributed by atoms with van der Waals surface area (Å²) in [5.41, 5.74) is 5.19. The third-order valence-electron chi connectivity index (χ3n) is 3.63. The Hall–Kier alpha value is -1.83. The lowest BCUT2D eigenvalue weighted by molar-refractivity contribution is 0.746. The van der Waals surface area contributed by atoms with Crippen LogP contribution in [0.4, 0.5) is 5.69 Å². The summed E-state index contributed by atoms with van der Waals surface area (Å²) >= 11 is 0. The summed E-state index contributed by atoms with van der Waals surface area (Å²) in [4.78, 5) is 4.52. The van der Waals surface area contributed by atoms with Crippen LogP contribution in [0.1, 0.15) is 36.2 Å². The van der Waals surface area contributed by atoms with Gasteiger partial charge in [-0.25, -0.2) is 0 Å². The zero-order valence-corrected chi connectivity index (χ0v) is 10.7. The minimum Gasteiger partial charge on any atom is -0.377 e. The van der Waals surface area contributed by atoms with E-state index < -0.39 is 0 Å². The van der Waals surface area contributed by atoms with Crippen molar-refractivity contribution in [3.8, 4) is 0 Å². The molecule has 1 unspecified atom stereocenters. The first-order valence-electron chi connectivity index (χ1n) is 6.66. The number of aromatic nitrogens is 1. The minimum atomic E-state index is 0.369. The summed E-state index contributed by atoms with van der Waals surface area (Å²) in [5, 5.41) is 3.61. The highest BCUT2D eigenvalue weighted by molar-refractivity contribution is 5.48. The molecule has 0 aliphatic heterocycles. The molecule has 1 aromatic heterocycles. The molecule has 0 spiro atoms. The molecule has 18 heavy (non-hydrogen) atoms. The first-order chi connectivity index (χ1) is 8.86. The van der Waals surface area contributed by atoms with Gasteiger partial charge in [0.05, 0.1) is 11.7 Å². The molecule has 92 valence electrons. The smallest absolute Gasteiger partial charge is 0.0691 e. The van der Waals surface area contributed by atoms with Crippen molar-refractivity contribution in [1.29, 1.82) is 0 Å². The molecular formula is C16H18N2. The van der Waals surface area contributed by atoms with Crippen molar-refractivity contribution < 1.29 is 0 Å². The van der Waals surface area contributed by atoms with Gasteiger partial charge in [0, 0.05) is 11.9 Å². The lowest BCUT2D eigenvalue weighted by Crippen LogP contribution is -2.08. The number of nitrogens with zero attached hydrogens (tertiary/aromatic N) is 1. The number of nitrogens with one attached hydrogen (secondary N) is 1. The van der Waals surface area contributed by atoms with E-state index in [0.717, 1.165) is 19.3 Å². The summed E-state index contributed by atoms with van der Waals surface area (Å²) in [6, 6.07) is 13.3. The summed E-state index contributed by atoms with van der Waals surface area (Å²) < 4.78 is 0. The van der Waals surface area contributed by atoms with E-state index in [1.165, 1.54) is 22.5 Å². The van der Waals surface area contributed by atoms with E-state index in [-0.39, 0.29) is 0 Å². The molecule has 1 aliphatic rings. The minimum absolute atomic E-state index is 0.369. The maximum atomic E-state index is 4.52. The SMILES string of the molecule is CCc1cccc(NC2CCc3cccnc32)c1. The van der Waals surface area contributed by atoms with E-state index in [2.05, 4.69) is 47.6 Å². The Balaban J connectivity index is 1.82. The Morgan fingerprint density at radius 2 is 2.22 bits per heavy atom. The van der Waals surface area contributed by atoms with E-state index in [0.29, 0.717) is 6.04 Å². The van der Waals surface area contributed by atoms with E-state index >= 15 is 0 Å². The number of anilines is 1. The zero-order chi connectivity index (χ0) is 12.4. The van der Waals surface area contributed by atoms with Gasteiger partial charge in [0.15, 0.2) is 0 Å². The van der Waals surface area contributed by atoms with E-state index in [1.807, 2.05) is 12.3 Å². The number of benzene rings is 1. The third kappa shape index (κ3) is 2.10. The molecule has 0 fully saturated rings. The van der Waals surface area contributed by atoms with Crippen LogP contribution in [0.3, 0.4) is 0 Å². The summed E-state index contributed by atoms with van der Waals surface area (Å²) in [7, 11) is 0. The number of aryl methyl sites for hydroxylation is 2. The molecule has 0 saturated carbocycles. The zero-order valence-electron chi connectivity index (χ0n) is 10.7. The molecule has 0 radical (unpaired) electrons. The average Bonchev–Trinajstić information content (AvgIpc) is 2.83. The highest BCUT2D eigenvalue weighted by Gasteiger charge is 2.23. The van der Waals surface area contributed by atoms with Gasteiger partial charge in [0.2, 0.25) is 0 Å². The van der Waals surface area contributed by atoms with Crippen molar-refractivity contribution >= 4 is 5.69 Å². The summed E-state index contributed by atoms with van der Waals surface area (Å²) in [6.07, 6.45) is 5.24. The Morgan fingerprint density at radius 1 is 1.28 bits per heavy atom. The van der Waals surface area contributed by atoms with Crippen molar-refractivity contribution in [3.05, 3.63) is 59.4 Å². The fraction of sp³-hybridized carbons (Fsp3) is 0.312. The molecule has 2 nitrogen and oxygen atoms in total. The van der Waals surface area contributed by atoms with Crippen LogP contribution in [0.15, 0.2) is 42.6 Å². The number of rotatable bonds is 3. The van der Waals surface area contributed by atoms with Crippen LogP contribution in [-0.2, 0) is 12.8 Å². The molecule has 2 heteroatoms. The van der Waals surface area contributed by atoms with Gasteiger partial charge in [-0.05, 0) is 48.6 Å². The van der Waals surface area contributed by atoms with Gasteiger partial charge in [-0.2, -0.15) is 0 Å². The van der Waals surface area contributed by atoms with Crippen molar-refractivity contribution in [1.82, 2.24) is 4.98 Å². The van der Waals surface area contributed by atoms with Gasteiger partial charge < -0.3 is 5.32 Å². The second kappa shape index (κ2) is 4.81. The molecule has 1 heterocycles. The number of fused-ring (bicyclic) bond motifs is 1. The van der Waals surface area contributed by atoms with Crippen molar-refractivity contribution in [3.63, 3.8) is 0 Å². The molecule has 1 aromatic carbocycles. The second-order valence-electron chi connectivity index (χ2n) is 4.84. The molecule has 0 bridgehead atoms. The van der Waals surface area contributed by atoms with Crippen LogP contribution in [0, 0.1) is 0 Å². The maximum absolute atomic E-state index is 4.52. The summed E-state index contributed by atoms with van der Waals surface area (Å²) in [5.74, 6) is 0. The van der Waals surface area contributed by atoms with Gasteiger partial charge >= 0.3 is 0 Å². The van der Waals surface area contributed by atoms with E-state index in [1.54, 1.807) is 0 Å². The van der Waals surface area contributed by atoms with Gasteiger partial charge in [0.25, 0.3) is 0 Å². The third-order valence-corrected chi connectivity index (χ3v) is 3.63. The number of hydrogen-bond donors (Lipinski definition) is 1. The second-order valence-corrected chi connectivity index (χ2v) is 4.84. The molecule has 0 amide bonds. The molecule has 1 aliphatic carbocycles. The highest BCUT2D eigenvalue weighted by atomic mass is 15.0.